The molecule has 5 heteroatoms. The molecule has 3 aliphatic rings. The van der Waals surface area contributed by atoms with E-state index in [-0.39, 0.29) is 41.4 Å². The lowest BCUT2D eigenvalue weighted by molar-refractivity contribution is -0.154. The molecule has 136 valence electrons. The van der Waals surface area contributed by atoms with Crippen LogP contribution in [0.1, 0.15) is 47.5 Å². The lowest BCUT2D eigenvalue weighted by Crippen LogP contribution is -2.38. The number of rotatable bonds is 3. The Bertz CT molecular complexity index is 684. The molecule has 25 heavy (non-hydrogen) atoms. The first-order valence-electron chi connectivity index (χ1n) is 9.02. The Kier molecular flexibility index (Phi) is 4.60. The second kappa shape index (κ2) is 6.43. The molecule has 0 unspecified atom stereocenters. The third-order valence-electron chi connectivity index (χ3n) is 5.59. The smallest absolute Gasteiger partial charge is 0.309 e. The van der Waals surface area contributed by atoms with Gasteiger partial charge in [0, 0.05) is 30.3 Å². The zero-order valence-corrected chi connectivity index (χ0v) is 15.5. The van der Waals surface area contributed by atoms with E-state index in [9.17, 15) is 14.4 Å². The Balaban J connectivity index is 1.97. The van der Waals surface area contributed by atoms with Crippen LogP contribution in [-0.4, -0.2) is 29.9 Å². The molecule has 0 aromatic heterocycles. The molecule has 1 saturated heterocycles. The van der Waals surface area contributed by atoms with Gasteiger partial charge in [0.25, 0.3) is 0 Å². The normalized spacial score (nSPS) is 34.5. The van der Waals surface area contributed by atoms with Crippen LogP contribution in [0.3, 0.4) is 0 Å². The third-order valence-corrected chi connectivity index (χ3v) is 5.59. The SMILES string of the molecule is CC1=CC(=O)C2=C(C)C[C@@H](OC(=O)CC(C)C)[C@@H]3[C@@H](OC(=O)[C@@H]3C)[C@@H]12. The second-order valence-electron chi connectivity index (χ2n) is 8.02. The summed E-state index contributed by atoms with van der Waals surface area (Å²) in [5, 5.41) is 0. The maximum absolute atomic E-state index is 12.4. The van der Waals surface area contributed by atoms with Gasteiger partial charge in [0.1, 0.15) is 12.2 Å². The van der Waals surface area contributed by atoms with E-state index in [0.717, 1.165) is 16.7 Å². The van der Waals surface area contributed by atoms with E-state index >= 15 is 0 Å². The molecule has 0 aromatic carbocycles. The van der Waals surface area contributed by atoms with E-state index in [0.29, 0.717) is 12.8 Å². The highest BCUT2D eigenvalue weighted by molar-refractivity contribution is 6.09. The van der Waals surface area contributed by atoms with E-state index in [1.54, 1.807) is 6.08 Å². The van der Waals surface area contributed by atoms with Crippen LogP contribution < -0.4 is 0 Å². The van der Waals surface area contributed by atoms with Gasteiger partial charge in [0.05, 0.1) is 5.92 Å². The fourth-order valence-corrected chi connectivity index (χ4v) is 4.46. The second-order valence-corrected chi connectivity index (χ2v) is 8.02. The van der Waals surface area contributed by atoms with Crippen LogP contribution in [-0.2, 0) is 23.9 Å². The van der Waals surface area contributed by atoms with Crippen molar-refractivity contribution in [1.82, 2.24) is 0 Å². The molecule has 1 fully saturated rings. The van der Waals surface area contributed by atoms with Gasteiger partial charge in [-0.1, -0.05) is 31.9 Å². The first kappa shape index (κ1) is 17.9. The number of hydrogen-bond donors (Lipinski definition) is 0. The first-order valence-corrected chi connectivity index (χ1v) is 9.02. The van der Waals surface area contributed by atoms with Crippen molar-refractivity contribution in [1.29, 1.82) is 0 Å². The fraction of sp³-hybridized carbons (Fsp3) is 0.650. The molecule has 2 aliphatic carbocycles. The molecule has 0 radical (unpaired) electrons. The molecule has 0 N–H and O–H groups in total. The largest absolute Gasteiger partial charge is 0.462 e. The van der Waals surface area contributed by atoms with Gasteiger partial charge in [0.15, 0.2) is 5.78 Å². The lowest BCUT2D eigenvalue weighted by atomic mass is 9.79. The van der Waals surface area contributed by atoms with Gasteiger partial charge >= 0.3 is 11.9 Å². The van der Waals surface area contributed by atoms with Crippen LogP contribution in [0.2, 0.25) is 0 Å². The number of fused-ring (bicyclic) bond motifs is 3. The Hall–Kier alpha value is -1.91. The first-order chi connectivity index (χ1) is 11.7. The third kappa shape index (κ3) is 3.05. The van der Waals surface area contributed by atoms with Crippen LogP contribution in [0.15, 0.2) is 22.8 Å². The van der Waals surface area contributed by atoms with Gasteiger partial charge in [-0.2, -0.15) is 0 Å². The molecule has 0 saturated carbocycles. The maximum atomic E-state index is 12.4. The summed E-state index contributed by atoms with van der Waals surface area (Å²) in [7, 11) is 0. The van der Waals surface area contributed by atoms with Crippen molar-refractivity contribution < 1.29 is 23.9 Å². The molecule has 1 aliphatic heterocycles. The zero-order valence-electron chi connectivity index (χ0n) is 15.5. The molecule has 0 bridgehead atoms. The molecule has 1 heterocycles. The monoisotopic (exact) mass is 346 g/mol. The molecule has 5 nitrogen and oxygen atoms in total. The standard InChI is InChI=1S/C20H26O5/c1-9(2)6-15(22)24-14-8-11(4)16-13(21)7-10(3)17(16)19-18(14)12(5)20(23)25-19/h7,9,12,14,17-19H,6,8H2,1-5H3/t12-,14-,17+,18-,19+/m1/s1. The predicted octanol–water partition coefficient (Wildman–Crippen LogP) is 2.99. The van der Waals surface area contributed by atoms with Gasteiger partial charge < -0.3 is 9.47 Å². The van der Waals surface area contributed by atoms with Crippen molar-refractivity contribution in [3.05, 3.63) is 22.8 Å². The minimum Gasteiger partial charge on any atom is -0.462 e. The number of carbonyl (C=O) groups is 3. The molecular formula is C20H26O5. The van der Waals surface area contributed by atoms with E-state index in [4.69, 9.17) is 9.47 Å². The number of hydrogen-bond acceptors (Lipinski definition) is 5. The average Bonchev–Trinajstić information content (AvgIpc) is 2.89. The number of ether oxygens (including phenoxy) is 2. The Morgan fingerprint density at radius 3 is 2.64 bits per heavy atom. The average molecular weight is 346 g/mol. The van der Waals surface area contributed by atoms with E-state index in [2.05, 4.69) is 0 Å². The van der Waals surface area contributed by atoms with Gasteiger partial charge in [-0.15, -0.1) is 0 Å². The van der Waals surface area contributed by atoms with Crippen molar-refractivity contribution in [2.75, 3.05) is 0 Å². The van der Waals surface area contributed by atoms with E-state index in [1.807, 2.05) is 34.6 Å². The fourth-order valence-electron chi connectivity index (χ4n) is 4.46. The number of carbonyl (C=O) groups excluding carboxylic acids is 3. The zero-order chi connectivity index (χ0) is 18.5. The quantitative estimate of drug-likeness (QED) is 0.735. The van der Waals surface area contributed by atoms with Crippen molar-refractivity contribution in [2.45, 2.75) is 59.7 Å². The van der Waals surface area contributed by atoms with Gasteiger partial charge in [-0.3, -0.25) is 14.4 Å². The summed E-state index contributed by atoms with van der Waals surface area (Å²) in [6.45, 7) is 9.58. The van der Waals surface area contributed by atoms with Crippen LogP contribution >= 0.6 is 0 Å². The maximum Gasteiger partial charge on any atom is 0.309 e. The van der Waals surface area contributed by atoms with Crippen LogP contribution in [0.4, 0.5) is 0 Å². The molecule has 3 rings (SSSR count). The molecule has 5 atom stereocenters. The summed E-state index contributed by atoms with van der Waals surface area (Å²) < 4.78 is 11.5. The number of allylic oxidation sites excluding steroid dienone is 1. The van der Waals surface area contributed by atoms with Crippen molar-refractivity contribution in [2.24, 2.45) is 23.7 Å². The predicted molar refractivity (Wildman–Crippen MR) is 91.4 cm³/mol. The van der Waals surface area contributed by atoms with Crippen molar-refractivity contribution in [3.63, 3.8) is 0 Å². The highest BCUT2D eigenvalue weighted by atomic mass is 16.6. The molecule has 0 aromatic rings. The van der Waals surface area contributed by atoms with E-state index in [1.165, 1.54) is 0 Å². The van der Waals surface area contributed by atoms with Gasteiger partial charge in [-0.05, 0) is 25.8 Å². The van der Waals surface area contributed by atoms with Crippen molar-refractivity contribution >= 4 is 17.7 Å². The Morgan fingerprint density at radius 2 is 2.00 bits per heavy atom. The summed E-state index contributed by atoms with van der Waals surface area (Å²) in [6, 6.07) is 0. The van der Waals surface area contributed by atoms with Crippen LogP contribution in [0.25, 0.3) is 0 Å². The number of ketones is 1. The molecule has 0 amide bonds. The highest BCUT2D eigenvalue weighted by Crippen LogP contribution is 2.48. The minimum absolute atomic E-state index is 0.0106. The number of esters is 2. The summed E-state index contributed by atoms with van der Waals surface area (Å²) >= 11 is 0. The summed E-state index contributed by atoms with van der Waals surface area (Å²) in [5.41, 5.74) is 2.57. The Morgan fingerprint density at radius 1 is 1.32 bits per heavy atom. The molecule has 0 spiro atoms. The minimum atomic E-state index is -0.436. The topological polar surface area (TPSA) is 69.7 Å². The summed E-state index contributed by atoms with van der Waals surface area (Å²) in [5.74, 6) is -1.12. The lowest BCUT2D eigenvalue weighted by Gasteiger charge is -2.29. The molecular weight excluding hydrogens is 320 g/mol. The van der Waals surface area contributed by atoms with Gasteiger partial charge in [-0.25, -0.2) is 0 Å². The van der Waals surface area contributed by atoms with Crippen LogP contribution in [0, 0.1) is 23.7 Å². The Labute approximate surface area is 148 Å². The summed E-state index contributed by atoms with van der Waals surface area (Å²) in [4.78, 5) is 36.9. The van der Waals surface area contributed by atoms with Crippen LogP contribution in [0.5, 0.6) is 0 Å². The van der Waals surface area contributed by atoms with Crippen molar-refractivity contribution in [3.8, 4) is 0 Å². The van der Waals surface area contributed by atoms with E-state index < -0.39 is 12.2 Å². The highest BCUT2D eigenvalue weighted by Gasteiger charge is 2.55. The van der Waals surface area contributed by atoms with Gasteiger partial charge in [0.2, 0.25) is 0 Å². The summed E-state index contributed by atoms with van der Waals surface area (Å²) in [6.07, 6.45) is 1.59.